The van der Waals surface area contributed by atoms with E-state index in [2.05, 4.69) is 65.3 Å². The van der Waals surface area contributed by atoms with Crippen LogP contribution in [0.3, 0.4) is 0 Å². The highest BCUT2D eigenvalue weighted by Gasteiger charge is 2.55. The molecular formula is C28H35N5O. The summed E-state index contributed by atoms with van der Waals surface area (Å²) in [4.78, 5) is 24.7. The van der Waals surface area contributed by atoms with Crippen LogP contribution in [0.5, 0.6) is 0 Å². The molecule has 2 aromatic rings. The van der Waals surface area contributed by atoms with Gasteiger partial charge in [-0.15, -0.1) is 0 Å². The fraction of sp³-hybridized carbons (Fsp3) is 0.536. The third-order valence-corrected chi connectivity index (χ3v) is 8.82. The van der Waals surface area contributed by atoms with Gasteiger partial charge in [-0.3, -0.25) is 9.80 Å². The van der Waals surface area contributed by atoms with Gasteiger partial charge in [0, 0.05) is 12.1 Å². The summed E-state index contributed by atoms with van der Waals surface area (Å²) >= 11 is 0. The third kappa shape index (κ3) is 3.67. The van der Waals surface area contributed by atoms with Crippen molar-refractivity contribution in [3.8, 4) is 6.07 Å². The number of anilines is 1. The molecule has 2 heterocycles. The molecule has 34 heavy (non-hydrogen) atoms. The minimum Gasteiger partial charge on any atom is -0.317 e. The molecule has 1 saturated heterocycles. The minimum atomic E-state index is -0.151. The molecule has 3 fully saturated rings. The van der Waals surface area contributed by atoms with E-state index < -0.39 is 0 Å². The molecule has 1 aromatic heterocycles. The molecule has 0 N–H and O–H groups in total. The first-order chi connectivity index (χ1) is 16.4. The second kappa shape index (κ2) is 8.70. The lowest BCUT2D eigenvalue weighted by molar-refractivity contribution is 0.0172. The van der Waals surface area contributed by atoms with Crippen molar-refractivity contribution < 1.29 is 4.79 Å². The predicted octanol–water partition coefficient (Wildman–Crippen LogP) is 5.07. The van der Waals surface area contributed by atoms with Gasteiger partial charge in [0.2, 0.25) is 0 Å². The van der Waals surface area contributed by atoms with Crippen LogP contribution in [-0.4, -0.2) is 53.5 Å². The number of hydrogen-bond acceptors (Lipinski definition) is 4. The average Bonchev–Trinajstić information content (AvgIpc) is 3.08. The number of aryl methyl sites for hydroxylation is 1. The molecule has 178 valence electrons. The Kier molecular flexibility index (Phi) is 5.85. The Labute approximate surface area is 203 Å². The summed E-state index contributed by atoms with van der Waals surface area (Å²) in [5, 5.41) is 9.23. The zero-order chi connectivity index (χ0) is 23.9. The van der Waals surface area contributed by atoms with Gasteiger partial charge in [-0.2, -0.15) is 5.26 Å². The summed E-state index contributed by atoms with van der Waals surface area (Å²) in [7, 11) is 4.38. The molecule has 0 atom stereocenters. The molecule has 0 bridgehead atoms. The van der Waals surface area contributed by atoms with Crippen LogP contribution in [0, 0.1) is 24.2 Å². The van der Waals surface area contributed by atoms with E-state index in [4.69, 9.17) is 0 Å². The maximum Gasteiger partial charge on any atom is 0.325 e. The van der Waals surface area contributed by atoms with Crippen LogP contribution < -0.4 is 4.90 Å². The Morgan fingerprint density at radius 3 is 2.41 bits per heavy atom. The standard InChI is InChI=1S/C28H35N5O/c1-21-16-24(17-29)30-18-25(21)32-20-27(33(26(32)34)19-22-8-7-9-22)12-14-28(15-13-27,31(2)3)23-10-5-4-6-11-23/h4-6,10-11,16,18,22H,7-9,12-15,19-20H2,1-3H3/t27-,28-. The van der Waals surface area contributed by atoms with Crippen LogP contribution in [0.1, 0.15) is 61.8 Å². The number of nitrogens with zero attached hydrogens (tertiary/aromatic N) is 5. The number of nitriles is 1. The normalized spacial score (nSPS) is 27.3. The molecule has 1 spiro atoms. The molecule has 5 rings (SSSR count). The van der Waals surface area contributed by atoms with Crippen molar-refractivity contribution in [1.82, 2.24) is 14.8 Å². The van der Waals surface area contributed by atoms with Gasteiger partial charge in [-0.05, 0) is 82.7 Å². The fourth-order valence-corrected chi connectivity index (χ4v) is 6.38. The Morgan fingerprint density at radius 1 is 1.15 bits per heavy atom. The number of carbonyl (C=O) groups excluding carboxylic acids is 1. The van der Waals surface area contributed by atoms with E-state index in [0.717, 1.165) is 43.5 Å². The van der Waals surface area contributed by atoms with Gasteiger partial charge >= 0.3 is 6.03 Å². The van der Waals surface area contributed by atoms with Crippen molar-refractivity contribution in [2.24, 2.45) is 5.92 Å². The average molecular weight is 458 g/mol. The van der Waals surface area contributed by atoms with Crippen molar-refractivity contribution in [2.75, 3.05) is 32.1 Å². The molecule has 1 aromatic carbocycles. The molecule has 0 radical (unpaired) electrons. The summed E-state index contributed by atoms with van der Waals surface area (Å²) < 4.78 is 0. The van der Waals surface area contributed by atoms with Gasteiger partial charge in [-0.25, -0.2) is 9.78 Å². The first kappa shape index (κ1) is 22.9. The highest BCUT2D eigenvalue weighted by molar-refractivity contribution is 5.96. The van der Waals surface area contributed by atoms with Crippen molar-refractivity contribution in [2.45, 2.75) is 62.9 Å². The Bertz CT molecular complexity index is 1090. The van der Waals surface area contributed by atoms with Gasteiger partial charge < -0.3 is 4.90 Å². The first-order valence-corrected chi connectivity index (χ1v) is 12.6. The van der Waals surface area contributed by atoms with Gasteiger partial charge in [0.1, 0.15) is 11.8 Å². The van der Waals surface area contributed by atoms with Crippen LogP contribution in [0.2, 0.25) is 0 Å². The number of hydrogen-bond donors (Lipinski definition) is 0. The van der Waals surface area contributed by atoms with E-state index in [1.807, 2.05) is 11.8 Å². The summed E-state index contributed by atoms with van der Waals surface area (Å²) in [6.45, 7) is 3.53. The fourth-order valence-electron chi connectivity index (χ4n) is 6.38. The maximum atomic E-state index is 13.9. The van der Waals surface area contributed by atoms with Crippen molar-refractivity contribution >= 4 is 11.7 Å². The number of aromatic nitrogens is 1. The number of carbonyl (C=O) groups is 1. The summed E-state index contributed by atoms with van der Waals surface area (Å²) in [6.07, 6.45) is 9.46. The molecule has 0 unspecified atom stereocenters. The lowest BCUT2D eigenvalue weighted by atomic mass is 9.68. The Balaban J connectivity index is 1.47. The molecule has 2 amide bonds. The van der Waals surface area contributed by atoms with E-state index >= 15 is 0 Å². The summed E-state index contributed by atoms with van der Waals surface area (Å²) in [6, 6.07) is 14.9. The molecular weight excluding hydrogens is 422 g/mol. The Hall–Kier alpha value is -2.91. The minimum absolute atomic E-state index is 0.00294. The molecule has 1 aliphatic heterocycles. The van der Waals surface area contributed by atoms with Crippen molar-refractivity contribution in [3.05, 3.63) is 59.4 Å². The lowest BCUT2D eigenvalue weighted by Gasteiger charge is -2.51. The van der Waals surface area contributed by atoms with Crippen LogP contribution in [0.4, 0.5) is 10.5 Å². The van der Waals surface area contributed by atoms with Gasteiger partial charge in [0.15, 0.2) is 0 Å². The molecule has 2 aliphatic carbocycles. The number of pyridine rings is 1. The topological polar surface area (TPSA) is 63.5 Å². The van der Waals surface area contributed by atoms with Crippen LogP contribution in [0.25, 0.3) is 0 Å². The summed E-state index contributed by atoms with van der Waals surface area (Å²) in [5.74, 6) is 0.621. The first-order valence-electron chi connectivity index (χ1n) is 12.6. The second-order valence-electron chi connectivity index (χ2n) is 10.8. The number of urea groups is 1. The van der Waals surface area contributed by atoms with E-state index in [1.54, 1.807) is 12.3 Å². The highest BCUT2D eigenvalue weighted by atomic mass is 16.2. The smallest absolute Gasteiger partial charge is 0.317 e. The van der Waals surface area contributed by atoms with Gasteiger partial charge in [0.05, 0.1) is 24.0 Å². The zero-order valence-corrected chi connectivity index (χ0v) is 20.6. The van der Waals surface area contributed by atoms with Gasteiger partial charge in [0.25, 0.3) is 0 Å². The predicted molar refractivity (Wildman–Crippen MR) is 133 cm³/mol. The van der Waals surface area contributed by atoms with Crippen LogP contribution in [-0.2, 0) is 5.54 Å². The van der Waals surface area contributed by atoms with Crippen LogP contribution in [0.15, 0.2) is 42.6 Å². The highest BCUT2D eigenvalue weighted by Crippen LogP contribution is 2.50. The van der Waals surface area contributed by atoms with Crippen molar-refractivity contribution in [3.63, 3.8) is 0 Å². The quantitative estimate of drug-likeness (QED) is 0.629. The molecule has 2 saturated carbocycles. The number of rotatable bonds is 5. The number of amides is 2. The summed E-state index contributed by atoms with van der Waals surface area (Å²) in [5.41, 5.74) is 3.38. The number of benzene rings is 1. The lowest BCUT2D eigenvalue weighted by Crippen LogP contribution is -2.56. The molecule has 3 aliphatic rings. The van der Waals surface area contributed by atoms with Crippen molar-refractivity contribution in [1.29, 1.82) is 5.26 Å². The largest absolute Gasteiger partial charge is 0.325 e. The third-order valence-electron chi connectivity index (χ3n) is 8.82. The monoisotopic (exact) mass is 457 g/mol. The van der Waals surface area contributed by atoms with E-state index in [9.17, 15) is 10.1 Å². The van der Waals surface area contributed by atoms with Gasteiger partial charge in [-0.1, -0.05) is 36.8 Å². The molecule has 6 nitrogen and oxygen atoms in total. The van der Waals surface area contributed by atoms with Crippen LogP contribution >= 0.6 is 0 Å². The SMILES string of the molecule is Cc1cc(C#N)ncc1N1C[C@]2(CC[C@@](c3ccccc3)(N(C)C)CC2)N(CC2CCC2)C1=O. The van der Waals surface area contributed by atoms with E-state index in [1.165, 1.54) is 24.8 Å². The van der Waals surface area contributed by atoms with E-state index in [0.29, 0.717) is 18.2 Å². The van der Waals surface area contributed by atoms with E-state index in [-0.39, 0.29) is 17.1 Å². The molecule has 6 heteroatoms. The Morgan fingerprint density at radius 2 is 1.85 bits per heavy atom. The second-order valence-corrected chi connectivity index (χ2v) is 10.8. The maximum absolute atomic E-state index is 13.9. The zero-order valence-electron chi connectivity index (χ0n) is 20.6.